The standard InChI is InChI=1S/C20H22O6/c1-23-18-8-13(2-4-16(18)21)7-15-14(10-24-20(15)22)6-12-3-5-17-19(9-12)26-11-25-17/h2-5,8-9,14-15,20-22H,6-7,10-11H2,1H3/t14-,15+,20+/m0/s1. The molecule has 6 nitrogen and oxygen atoms in total. The van der Waals surface area contributed by atoms with Crippen LogP contribution in [-0.2, 0) is 17.6 Å². The third kappa shape index (κ3) is 3.30. The van der Waals surface area contributed by atoms with E-state index in [1.54, 1.807) is 12.1 Å². The smallest absolute Gasteiger partial charge is 0.231 e. The van der Waals surface area contributed by atoms with Gasteiger partial charge in [0.2, 0.25) is 6.79 Å². The molecule has 2 aliphatic rings. The van der Waals surface area contributed by atoms with Crippen molar-refractivity contribution in [1.82, 2.24) is 0 Å². The summed E-state index contributed by atoms with van der Waals surface area (Å²) in [4.78, 5) is 0. The number of benzene rings is 2. The molecule has 0 bridgehead atoms. The maximum Gasteiger partial charge on any atom is 0.231 e. The monoisotopic (exact) mass is 358 g/mol. The molecule has 0 aliphatic carbocycles. The first-order valence-corrected chi connectivity index (χ1v) is 8.68. The van der Waals surface area contributed by atoms with Crippen molar-refractivity contribution in [1.29, 1.82) is 0 Å². The van der Waals surface area contributed by atoms with Gasteiger partial charge in [-0.15, -0.1) is 0 Å². The van der Waals surface area contributed by atoms with Crippen molar-refractivity contribution >= 4 is 0 Å². The van der Waals surface area contributed by atoms with Crippen LogP contribution in [0.25, 0.3) is 0 Å². The van der Waals surface area contributed by atoms with Gasteiger partial charge in [0.1, 0.15) is 0 Å². The lowest BCUT2D eigenvalue weighted by Gasteiger charge is -2.20. The zero-order valence-electron chi connectivity index (χ0n) is 14.6. The molecular formula is C20H22O6. The van der Waals surface area contributed by atoms with Crippen LogP contribution in [0.5, 0.6) is 23.0 Å². The second-order valence-electron chi connectivity index (χ2n) is 6.75. The summed E-state index contributed by atoms with van der Waals surface area (Å²) in [6.45, 7) is 0.769. The van der Waals surface area contributed by atoms with Gasteiger partial charge < -0.3 is 29.2 Å². The van der Waals surface area contributed by atoms with E-state index in [9.17, 15) is 10.2 Å². The number of phenolic OH excluding ortho intramolecular Hbond substituents is 1. The van der Waals surface area contributed by atoms with E-state index in [0.29, 0.717) is 18.8 Å². The summed E-state index contributed by atoms with van der Waals surface area (Å²) in [5, 5.41) is 20.0. The molecule has 2 heterocycles. The molecule has 2 aromatic carbocycles. The molecule has 0 spiro atoms. The van der Waals surface area contributed by atoms with Gasteiger partial charge in [0.15, 0.2) is 29.3 Å². The van der Waals surface area contributed by atoms with Gasteiger partial charge in [-0.25, -0.2) is 0 Å². The minimum absolute atomic E-state index is 0.0327. The van der Waals surface area contributed by atoms with Crippen LogP contribution in [0.1, 0.15) is 11.1 Å². The number of aliphatic hydroxyl groups is 1. The van der Waals surface area contributed by atoms with Crippen molar-refractivity contribution in [3.05, 3.63) is 47.5 Å². The second kappa shape index (κ2) is 7.05. The first kappa shape index (κ1) is 17.0. The Labute approximate surface area is 151 Å². The molecule has 0 amide bonds. The minimum atomic E-state index is -0.797. The molecular weight excluding hydrogens is 336 g/mol. The first-order valence-electron chi connectivity index (χ1n) is 8.68. The summed E-state index contributed by atoms with van der Waals surface area (Å²) in [6.07, 6.45) is 0.634. The Morgan fingerprint density at radius 2 is 1.81 bits per heavy atom. The van der Waals surface area contributed by atoms with E-state index in [2.05, 4.69) is 0 Å². The fourth-order valence-electron chi connectivity index (χ4n) is 3.67. The number of fused-ring (bicyclic) bond motifs is 1. The topological polar surface area (TPSA) is 77.4 Å². The Morgan fingerprint density at radius 1 is 1.04 bits per heavy atom. The third-order valence-corrected chi connectivity index (χ3v) is 5.10. The number of aliphatic hydroxyl groups excluding tert-OH is 1. The highest BCUT2D eigenvalue weighted by Crippen LogP contribution is 2.37. The summed E-state index contributed by atoms with van der Waals surface area (Å²) >= 11 is 0. The Hall–Kier alpha value is -2.44. The number of rotatable bonds is 5. The zero-order chi connectivity index (χ0) is 18.1. The lowest BCUT2D eigenvalue weighted by Crippen LogP contribution is -2.24. The van der Waals surface area contributed by atoms with Crippen LogP contribution < -0.4 is 14.2 Å². The normalized spacial score (nSPS) is 24.0. The Bertz CT molecular complexity index is 790. The SMILES string of the molecule is COc1cc(C[C@@H]2[C@@H](Cc3ccc4c(c3)OCO4)CO[C@H]2O)ccc1O. The van der Waals surface area contributed by atoms with Gasteiger partial charge in [-0.1, -0.05) is 12.1 Å². The summed E-state index contributed by atoms with van der Waals surface area (Å²) in [7, 11) is 1.52. The molecule has 138 valence electrons. The predicted octanol–water partition coefficient (Wildman–Crippen LogP) is 2.50. The van der Waals surface area contributed by atoms with Crippen LogP contribution in [0.3, 0.4) is 0 Å². The van der Waals surface area contributed by atoms with E-state index < -0.39 is 6.29 Å². The van der Waals surface area contributed by atoms with Crippen molar-refractivity contribution in [2.24, 2.45) is 11.8 Å². The number of aromatic hydroxyl groups is 1. The molecule has 2 N–H and O–H groups in total. The molecule has 0 radical (unpaired) electrons. The van der Waals surface area contributed by atoms with E-state index in [1.165, 1.54) is 7.11 Å². The summed E-state index contributed by atoms with van der Waals surface area (Å²) in [5.74, 6) is 2.23. The van der Waals surface area contributed by atoms with Gasteiger partial charge in [0.25, 0.3) is 0 Å². The van der Waals surface area contributed by atoms with Gasteiger partial charge >= 0.3 is 0 Å². The van der Waals surface area contributed by atoms with Crippen molar-refractivity contribution in [3.8, 4) is 23.0 Å². The van der Waals surface area contributed by atoms with Crippen LogP contribution in [0.15, 0.2) is 36.4 Å². The molecule has 0 saturated carbocycles. The Morgan fingerprint density at radius 3 is 2.65 bits per heavy atom. The summed E-state index contributed by atoms with van der Waals surface area (Å²) in [6, 6.07) is 11.2. The van der Waals surface area contributed by atoms with Crippen LogP contribution in [0, 0.1) is 11.8 Å². The van der Waals surface area contributed by atoms with Gasteiger partial charge in [0.05, 0.1) is 13.7 Å². The van der Waals surface area contributed by atoms with Crippen molar-refractivity contribution in [2.75, 3.05) is 20.5 Å². The van der Waals surface area contributed by atoms with Gasteiger partial charge in [0, 0.05) is 5.92 Å². The maximum atomic E-state index is 10.3. The van der Waals surface area contributed by atoms with E-state index in [1.807, 2.05) is 24.3 Å². The second-order valence-corrected chi connectivity index (χ2v) is 6.75. The molecule has 3 atom stereocenters. The van der Waals surface area contributed by atoms with Crippen LogP contribution >= 0.6 is 0 Å². The summed E-state index contributed by atoms with van der Waals surface area (Å²) in [5.41, 5.74) is 2.12. The molecule has 4 rings (SSSR count). The van der Waals surface area contributed by atoms with Crippen LogP contribution in [0.4, 0.5) is 0 Å². The molecule has 0 unspecified atom stereocenters. The first-order chi connectivity index (χ1) is 12.6. The van der Waals surface area contributed by atoms with E-state index >= 15 is 0 Å². The third-order valence-electron chi connectivity index (χ3n) is 5.10. The van der Waals surface area contributed by atoms with E-state index in [0.717, 1.165) is 29.0 Å². The quantitative estimate of drug-likeness (QED) is 0.855. The molecule has 2 aliphatic heterocycles. The predicted molar refractivity (Wildman–Crippen MR) is 93.6 cm³/mol. The largest absolute Gasteiger partial charge is 0.504 e. The summed E-state index contributed by atoms with van der Waals surface area (Å²) < 4.78 is 21.5. The number of methoxy groups -OCH3 is 1. The Balaban J connectivity index is 1.49. The lowest BCUT2D eigenvalue weighted by atomic mass is 9.84. The highest BCUT2D eigenvalue weighted by Gasteiger charge is 2.36. The van der Waals surface area contributed by atoms with Crippen LogP contribution in [0.2, 0.25) is 0 Å². The molecule has 0 aromatic heterocycles. The molecule has 2 aromatic rings. The number of hydrogen-bond acceptors (Lipinski definition) is 6. The van der Waals surface area contributed by atoms with E-state index in [4.69, 9.17) is 18.9 Å². The van der Waals surface area contributed by atoms with Crippen molar-refractivity contribution in [2.45, 2.75) is 19.1 Å². The highest BCUT2D eigenvalue weighted by molar-refractivity contribution is 5.45. The van der Waals surface area contributed by atoms with Crippen molar-refractivity contribution in [3.63, 3.8) is 0 Å². The number of hydrogen-bond donors (Lipinski definition) is 2. The highest BCUT2D eigenvalue weighted by atomic mass is 16.7. The number of phenols is 1. The maximum absolute atomic E-state index is 10.3. The minimum Gasteiger partial charge on any atom is -0.504 e. The fraction of sp³-hybridized carbons (Fsp3) is 0.400. The van der Waals surface area contributed by atoms with E-state index in [-0.39, 0.29) is 24.4 Å². The number of ether oxygens (including phenoxy) is 4. The average molecular weight is 358 g/mol. The molecule has 1 fully saturated rings. The van der Waals surface area contributed by atoms with Crippen LogP contribution in [-0.4, -0.2) is 37.0 Å². The Kier molecular flexibility index (Phi) is 4.61. The van der Waals surface area contributed by atoms with Crippen molar-refractivity contribution < 1.29 is 29.2 Å². The molecule has 1 saturated heterocycles. The van der Waals surface area contributed by atoms with Gasteiger partial charge in [-0.3, -0.25) is 0 Å². The zero-order valence-corrected chi connectivity index (χ0v) is 14.6. The van der Waals surface area contributed by atoms with Gasteiger partial charge in [-0.2, -0.15) is 0 Å². The average Bonchev–Trinajstić information content (AvgIpc) is 3.24. The lowest BCUT2D eigenvalue weighted by molar-refractivity contribution is -0.0820. The molecule has 6 heteroatoms. The fourth-order valence-corrected chi connectivity index (χ4v) is 3.67. The van der Waals surface area contributed by atoms with Gasteiger partial charge in [-0.05, 0) is 54.2 Å². The molecule has 26 heavy (non-hydrogen) atoms.